The van der Waals surface area contributed by atoms with Crippen LogP contribution >= 0.6 is 15.9 Å². The van der Waals surface area contributed by atoms with Crippen molar-refractivity contribution in [2.24, 2.45) is 5.92 Å². The number of alkyl carbamates (subject to hydrolysis) is 1. The van der Waals surface area contributed by atoms with Crippen molar-refractivity contribution in [1.82, 2.24) is 5.32 Å². The van der Waals surface area contributed by atoms with Crippen molar-refractivity contribution in [2.45, 2.75) is 194 Å². The topological polar surface area (TPSA) is 199 Å². The highest BCUT2D eigenvalue weighted by Crippen LogP contribution is 2.64. The van der Waals surface area contributed by atoms with Gasteiger partial charge < -0.3 is 57.1 Å². The summed E-state index contributed by atoms with van der Waals surface area (Å²) in [5, 5.41) is 1.26. The molecule has 4 rings (SSSR count). The number of nitrogens with one attached hydrogen (secondary N) is 1. The molecule has 0 saturated carbocycles. The number of halogens is 18. The molecule has 82 heavy (non-hydrogen) atoms. The van der Waals surface area contributed by atoms with E-state index in [9.17, 15) is 81.0 Å². The zero-order valence-corrected chi connectivity index (χ0v) is 46.9. The number of carbonyl (C=O) groups is 5. The van der Waals surface area contributed by atoms with Gasteiger partial charge in [-0.1, -0.05) is 74.0 Å². The fourth-order valence-corrected chi connectivity index (χ4v) is 11.1. The zero-order valence-electron chi connectivity index (χ0n) is 44.3. The summed E-state index contributed by atoms with van der Waals surface area (Å²) in [4.78, 5) is 59.9. The lowest BCUT2D eigenvalue weighted by atomic mass is 9.88. The van der Waals surface area contributed by atoms with E-state index in [2.05, 4.69) is 10.1 Å². The minimum atomic E-state index is -8.90. The van der Waals surface area contributed by atoms with Crippen molar-refractivity contribution in [3.05, 3.63) is 35.9 Å². The van der Waals surface area contributed by atoms with Gasteiger partial charge in [-0.05, 0) is 24.1 Å². The van der Waals surface area contributed by atoms with Crippen molar-refractivity contribution in [1.29, 1.82) is 0 Å². The minimum absolute atomic E-state index is 0.230. The number of alkyl halides is 18. The van der Waals surface area contributed by atoms with Crippen LogP contribution in [0.1, 0.15) is 67.2 Å². The van der Waals surface area contributed by atoms with Gasteiger partial charge in [0.05, 0.1) is 6.61 Å². The maximum atomic E-state index is 15.4. The molecular formula is C46H55BrF17NO16Si. The molecule has 0 spiro atoms. The molecule has 1 aromatic carbocycles. The van der Waals surface area contributed by atoms with Crippen LogP contribution in [0.3, 0.4) is 0 Å². The first kappa shape index (κ1) is 70.1. The number of fused-ring (bicyclic) bond motifs is 1. The number of rotatable bonds is 22. The number of benzene rings is 1. The maximum absolute atomic E-state index is 15.4. The lowest BCUT2D eigenvalue weighted by Gasteiger charge is -2.53. The third kappa shape index (κ3) is 13.7. The Morgan fingerprint density at radius 2 is 1.12 bits per heavy atom. The van der Waals surface area contributed by atoms with Gasteiger partial charge in [0.25, 0.3) is 0 Å². The third-order valence-corrected chi connectivity index (χ3v) is 19.2. The fourth-order valence-electron chi connectivity index (χ4n) is 8.16. The minimum Gasteiger partial charge on any atom is -0.463 e. The van der Waals surface area contributed by atoms with Crippen molar-refractivity contribution >= 4 is 54.2 Å². The fraction of sp³-hybridized carbons (Fsp3) is 0.761. The predicted octanol–water partition coefficient (Wildman–Crippen LogP) is 9.82. The van der Waals surface area contributed by atoms with Gasteiger partial charge in [0.15, 0.2) is 45.5 Å². The van der Waals surface area contributed by atoms with Crippen LogP contribution in [0.4, 0.5) is 79.4 Å². The molecule has 3 saturated heterocycles. The van der Waals surface area contributed by atoms with Gasteiger partial charge >= 0.3 is 77.6 Å². The van der Waals surface area contributed by atoms with E-state index in [1.165, 1.54) is 12.1 Å². The molecule has 0 radical (unpaired) electrons. The van der Waals surface area contributed by atoms with Gasteiger partial charge in [0.1, 0.15) is 48.5 Å². The van der Waals surface area contributed by atoms with Crippen LogP contribution in [0.2, 0.25) is 18.1 Å². The molecular weight excluding hydrogens is 1250 g/mol. The van der Waals surface area contributed by atoms with Gasteiger partial charge in [-0.3, -0.25) is 19.2 Å². The first-order valence-corrected chi connectivity index (χ1v) is 27.8. The van der Waals surface area contributed by atoms with Crippen molar-refractivity contribution in [3.63, 3.8) is 0 Å². The summed E-state index contributed by atoms with van der Waals surface area (Å²) in [6.45, 7) is 10.1. The van der Waals surface area contributed by atoms with Crippen molar-refractivity contribution in [3.8, 4) is 0 Å². The van der Waals surface area contributed by atoms with Gasteiger partial charge in [0.2, 0.25) is 0 Å². The second-order valence-corrected chi connectivity index (χ2v) is 25.8. The van der Waals surface area contributed by atoms with E-state index in [1.54, 1.807) is 74.9 Å². The Kier molecular flexibility index (Phi) is 21.3. The SMILES string of the molecule is CC(=O)OC[C@H]1O[C@@H](O[C@@H]2[C@@H](NC(=O)OCC(Br)C(F)(F)C(F)(F)C(F)(F)C(F)(F)C(F)(F)C(F)(F)C(F)(F)C(F)(F)F)[C@H](O[Si](C)(C)C(C)(C)C(C)C)O[C@@H]3CO[C@@H](c4ccccc4)O[C@@H]23)[C@H](OC(C)=O)[C@@H](OC(C)=O)[C@H]1OC(C)=O. The van der Waals surface area contributed by atoms with E-state index in [0.717, 1.165) is 27.7 Å². The van der Waals surface area contributed by atoms with E-state index in [1.807, 2.05) is 0 Å². The highest BCUT2D eigenvalue weighted by atomic mass is 79.9. The molecule has 3 heterocycles. The smallest absolute Gasteiger partial charge is 0.460 e. The Bertz CT molecular complexity index is 2430. The number of hydrogen-bond acceptors (Lipinski definition) is 16. The molecule has 36 heteroatoms. The van der Waals surface area contributed by atoms with Crippen molar-refractivity contribution in [2.75, 3.05) is 19.8 Å². The largest absolute Gasteiger partial charge is 0.463 e. The molecule has 0 bridgehead atoms. The van der Waals surface area contributed by atoms with Crippen molar-refractivity contribution < 1.29 is 150 Å². The zero-order chi connectivity index (χ0) is 63.1. The second-order valence-electron chi connectivity index (χ2n) is 20.2. The summed E-state index contributed by atoms with van der Waals surface area (Å²) in [6, 6.07) is 5.58. The summed E-state index contributed by atoms with van der Waals surface area (Å²) in [7, 11) is -3.39. The Hall–Kier alpha value is -4.36. The van der Waals surface area contributed by atoms with E-state index in [0.29, 0.717) is 5.56 Å². The third-order valence-electron chi connectivity index (χ3n) is 13.8. The molecule has 1 N–H and O–H groups in total. The van der Waals surface area contributed by atoms with E-state index in [-0.39, 0.29) is 5.92 Å². The van der Waals surface area contributed by atoms with Crippen LogP contribution in [-0.4, -0.2) is 172 Å². The molecule has 0 aromatic heterocycles. The van der Waals surface area contributed by atoms with Crippen LogP contribution in [0.25, 0.3) is 0 Å². The normalized spacial score (nSPS) is 26.9. The van der Waals surface area contributed by atoms with Crippen LogP contribution in [0.15, 0.2) is 30.3 Å². The Morgan fingerprint density at radius 3 is 1.61 bits per heavy atom. The Morgan fingerprint density at radius 1 is 0.634 bits per heavy atom. The van der Waals surface area contributed by atoms with E-state index < -0.39 is 183 Å². The number of esters is 4. The summed E-state index contributed by atoms with van der Waals surface area (Å²) >= 11 is 1.65. The average Bonchev–Trinajstić information content (AvgIpc) is 3.33. The Labute approximate surface area is 464 Å². The molecule has 17 nitrogen and oxygen atoms in total. The molecule has 3 aliphatic rings. The number of amides is 1. The quantitative estimate of drug-likeness (QED) is 0.0378. The monoisotopic (exact) mass is 1310 g/mol. The molecule has 1 amide bonds. The van der Waals surface area contributed by atoms with Gasteiger partial charge in [0, 0.05) is 33.3 Å². The number of ether oxygens (including phenoxy) is 10. The summed E-state index contributed by atoms with van der Waals surface area (Å²) < 4.78 is 305. The van der Waals surface area contributed by atoms with E-state index >= 15 is 17.6 Å². The molecule has 1 aromatic rings. The standard InChI is InChI=1S/C46H55BrF17NO16Si/c1-19(2)38(7,8)82(9,10)81-35-28(65-37(70)73-18-27(47)39(48,49)40(50,51)41(52,53)42(54,55)43(56,57)44(58,59)45(60,61)46(62,63)64)31(29-26(77-35)17-72-34(79-29)24-14-12-11-13-15-24)80-36-33(76-23(6)69)32(75-22(5)68)30(74-21(4)67)25(78-36)16-71-20(3)66/h11-15,19,25-36H,16-18H2,1-10H3,(H,65,70)/t25-,26-,27?,28-,29-,30+,31-,32+,33-,34-,35+,36+/m1/s1. The summed E-state index contributed by atoms with van der Waals surface area (Å²) in [6.07, 6.45) is -28.3. The van der Waals surface area contributed by atoms with Gasteiger partial charge in [-0.15, -0.1) is 0 Å². The highest BCUT2D eigenvalue weighted by Gasteiger charge is 2.95. The predicted molar refractivity (Wildman–Crippen MR) is 245 cm³/mol. The summed E-state index contributed by atoms with van der Waals surface area (Å²) in [5.41, 5.74) is 0.294. The first-order chi connectivity index (χ1) is 37.1. The number of hydrogen-bond donors (Lipinski definition) is 1. The molecule has 3 aliphatic heterocycles. The molecule has 470 valence electrons. The molecule has 3 fully saturated rings. The molecule has 1 unspecified atom stereocenters. The lowest BCUT2D eigenvalue weighted by Crippen LogP contribution is -2.75. The van der Waals surface area contributed by atoms with E-state index in [4.69, 9.17) is 47.1 Å². The average molecular weight is 1310 g/mol. The molecule has 12 atom stereocenters. The number of carbonyl (C=O) groups excluding carboxylic acids is 5. The van der Waals surface area contributed by atoms with Gasteiger partial charge in [-0.25, -0.2) is 4.79 Å². The lowest BCUT2D eigenvalue weighted by molar-refractivity contribution is -0.461. The summed E-state index contributed by atoms with van der Waals surface area (Å²) in [5.74, 6) is -63.3. The molecule has 0 aliphatic carbocycles. The maximum Gasteiger partial charge on any atom is 0.460 e. The highest BCUT2D eigenvalue weighted by molar-refractivity contribution is 9.09. The van der Waals surface area contributed by atoms with Gasteiger partial charge in [-0.2, -0.15) is 74.6 Å². The second kappa shape index (κ2) is 24.9. The van der Waals surface area contributed by atoms with Crippen LogP contribution in [-0.2, 0) is 71.0 Å². The first-order valence-electron chi connectivity index (χ1n) is 24.0. The van der Waals surface area contributed by atoms with Crippen LogP contribution < -0.4 is 5.32 Å². The van der Waals surface area contributed by atoms with Crippen LogP contribution in [0.5, 0.6) is 0 Å². The Balaban J connectivity index is 1.88. The van der Waals surface area contributed by atoms with Crippen LogP contribution in [0, 0.1) is 5.92 Å².